The number of thiophene rings is 1. The summed E-state index contributed by atoms with van der Waals surface area (Å²) >= 11 is 1.71. The van der Waals surface area contributed by atoms with Gasteiger partial charge in [-0.3, -0.25) is 4.79 Å². The number of anilines is 1. The molecule has 1 aliphatic rings. The van der Waals surface area contributed by atoms with Crippen LogP contribution < -0.4 is 10.1 Å². The third kappa shape index (κ3) is 3.47. The number of para-hydroxylation sites is 1. The van der Waals surface area contributed by atoms with Gasteiger partial charge in [-0.1, -0.05) is 48.5 Å². The average molecular weight is 401 g/mol. The van der Waals surface area contributed by atoms with Crippen molar-refractivity contribution in [1.82, 2.24) is 9.97 Å². The summed E-state index contributed by atoms with van der Waals surface area (Å²) in [7, 11) is 0. The number of rotatable bonds is 5. The molecule has 1 aliphatic carbocycles. The number of benzene rings is 2. The zero-order chi connectivity index (χ0) is 19.6. The van der Waals surface area contributed by atoms with Crippen molar-refractivity contribution < 1.29 is 9.53 Å². The molecule has 0 saturated heterocycles. The molecular weight excluding hydrogens is 382 g/mol. The van der Waals surface area contributed by atoms with Gasteiger partial charge >= 0.3 is 0 Å². The smallest absolute Gasteiger partial charge is 0.262 e. The van der Waals surface area contributed by atoms with Crippen LogP contribution in [0.1, 0.15) is 16.9 Å². The number of nitrogens with zero attached hydrogens (tertiary/aromatic N) is 2. The third-order valence-electron chi connectivity index (χ3n) is 5.09. The second-order valence-corrected chi connectivity index (χ2v) is 8.05. The topological polar surface area (TPSA) is 64.1 Å². The molecule has 2 heterocycles. The zero-order valence-electron chi connectivity index (χ0n) is 15.7. The van der Waals surface area contributed by atoms with Crippen LogP contribution in [0, 0.1) is 0 Å². The summed E-state index contributed by atoms with van der Waals surface area (Å²) in [5.74, 6) is 0.285. The Morgan fingerprint density at radius 2 is 1.86 bits per heavy atom. The molecule has 0 bridgehead atoms. The molecule has 0 unspecified atom stereocenters. The summed E-state index contributed by atoms with van der Waals surface area (Å²) in [5.41, 5.74) is 4.07. The number of amides is 1. The maximum atomic E-state index is 12.6. The van der Waals surface area contributed by atoms with E-state index in [9.17, 15) is 4.79 Å². The maximum absolute atomic E-state index is 12.6. The minimum Gasteiger partial charge on any atom is -0.467 e. The molecule has 2 aromatic heterocycles. The summed E-state index contributed by atoms with van der Waals surface area (Å²) in [4.78, 5) is 23.6. The molecule has 5 nitrogen and oxygen atoms in total. The summed E-state index contributed by atoms with van der Waals surface area (Å²) in [6.07, 6.45) is 4.77. The van der Waals surface area contributed by atoms with E-state index in [1.165, 1.54) is 16.8 Å². The van der Waals surface area contributed by atoms with Crippen LogP contribution in [0.4, 0.5) is 5.69 Å². The quantitative estimate of drug-likeness (QED) is 0.518. The van der Waals surface area contributed by atoms with E-state index >= 15 is 0 Å². The average Bonchev–Trinajstić information content (AvgIpc) is 3.34. The normalized spacial score (nSPS) is 12.7. The first-order chi connectivity index (χ1) is 14.3. The number of aromatic nitrogens is 2. The molecule has 0 atom stereocenters. The van der Waals surface area contributed by atoms with Crippen molar-refractivity contribution in [2.45, 2.75) is 19.3 Å². The van der Waals surface area contributed by atoms with Crippen molar-refractivity contribution in [2.24, 2.45) is 0 Å². The van der Waals surface area contributed by atoms with E-state index < -0.39 is 0 Å². The maximum Gasteiger partial charge on any atom is 0.262 e. The van der Waals surface area contributed by atoms with E-state index in [-0.39, 0.29) is 12.5 Å². The molecule has 6 heteroatoms. The summed E-state index contributed by atoms with van der Waals surface area (Å²) in [6.45, 7) is -0.0974. The molecular formula is C23H19N3O2S. The summed E-state index contributed by atoms with van der Waals surface area (Å²) < 4.78 is 5.83. The predicted octanol–water partition coefficient (Wildman–Crippen LogP) is 4.86. The van der Waals surface area contributed by atoms with Crippen LogP contribution in [-0.4, -0.2) is 22.5 Å². The lowest BCUT2D eigenvalue weighted by Crippen LogP contribution is -2.21. The first kappa shape index (κ1) is 17.8. The van der Waals surface area contributed by atoms with Crippen molar-refractivity contribution in [3.63, 3.8) is 0 Å². The highest BCUT2D eigenvalue weighted by molar-refractivity contribution is 7.18. The van der Waals surface area contributed by atoms with Gasteiger partial charge in [-0.05, 0) is 36.5 Å². The standard InChI is InChI=1S/C23H19N3O2S/c27-20(26-18-11-5-4-9-16(18)15-7-2-1-3-8-15)13-28-22-21-17-10-6-12-19(17)29-23(21)25-14-24-22/h1-5,7-9,11,14H,6,10,12-13H2,(H,26,27). The molecule has 1 amide bonds. The van der Waals surface area contributed by atoms with Crippen LogP contribution in [0.25, 0.3) is 21.3 Å². The fraction of sp³-hybridized carbons (Fsp3) is 0.174. The molecule has 0 radical (unpaired) electrons. The first-order valence-electron chi connectivity index (χ1n) is 9.62. The van der Waals surface area contributed by atoms with Gasteiger partial charge < -0.3 is 10.1 Å². The lowest BCUT2D eigenvalue weighted by molar-refractivity contribution is -0.118. The van der Waals surface area contributed by atoms with Crippen LogP contribution in [0.3, 0.4) is 0 Å². The molecule has 0 spiro atoms. The monoisotopic (exact) mass is 401 g/mol. The molecule has 0 saturated carbocycles. The van der Waals surface area contributed by atoms with Gasteiger partial charge in [0.2, 0.25) is 5.88 Å². The molecule has 4 aromatic rings. The van der Waals surface area contributed by atoms with Crippen LogP contribution in [0.2, 0.25) is 0 Å². The Morgan fingerprint density at radius 1 is 1.03 bits per heavy atom. The number of hydrogen-bond donors (Lipinski definition) is 1. The number of carbonyl (C=O) groups is 1. The number of aryl methyl sites for hydroxylation is 2. The van der Waals surface area contributed by atoms with E-state index in [2.05, 4.69) is 15.3 Å². The molecule has 144 valence electrons. The second kappa shape index (κ2) is 7.64. The Balaban J connectivity index is 1.34. The lowest BCUT2D eigenvalue weighted by atomic mass is 10.0. The molecule has 0 fully saturated rings. The Bertz CT molecular complexity index is 1190. The molecule has 0 aliphatic heterocycles. The van der Waals surface area contributed by atoms with E-state index in [1.807, 2.05) is 54.6 Å². The zero-order valence-corrected chi connectivity index (χ0v) is 16.5. The van der Waals surface area contributed by atoms with Crippen molar-refractivity contribution in [3.05, 3.63) is 71.4 Å². The van der Waals surface area contributed by atoms with Gasteiger partial charge in [-0.25, -0.2) is 9.97 Å². The molecule has 2 aromatic carbocycles. The Labute approximate surface area is 172 Å². The number of hydrogen-bond acceptors (Lipinski definition) is 5. The van der Waals surface area contributed by atoms with E-state index in [1.54, 1.807) is 11.3 Å². The van der Waals surface area contributed by atoms with Crippen molar-refractivity contribution >= 4 is 33.1 Å². The van der Waals surface area contributed by atoms with Gasteiger partial charge in [0, 0.05) is 16.1 Å². The van der Waals surface area contributed by atoms with Gasteiger partial charge in [-0.15, -0.1) is 11.3 Å². The largest absolute Gasteiger partial charge is 0.467 e. The summed E-state index contributed by atoms with van der Waals surface area (Å²) in [6, 6.07) is 17.8. The fourth-order valence-corrected chi connectivity index (χ4v) is 5.01. The van der Waals surface area contributed by atoms with E-state index in [4.69, 9.17) is 4.74 Å². The van der Waals surface area contributed by atoms with Crippen molar-refractivity contribution in [1.29, 1.82) is 0 Å². The van der Waals surface area contributed by atoms with Crippen molar-refractivity contribution in [2.75, 3.05) is 11.9 Å². The molecule has 1 N–H and O–H groups in total. The number of nitrogens with one attached hydrogen (secondary N) is 1. The Kier molecular flexibility index (Phi) is 4.69. The van der Waals surface area contributed by atoms with Gasteiger partial charge in [0.25, 0.3) is 5.91 Å². The SMILES string of the molecule is O=C(COc1ncnc2sc3c(c12)CCC3)Nc1ccccc1-c1ccccc1. The van der Waals surface area contributed by atoms with Crippen LogP contribution in [0.5, 0.6) is 5.88 Å². The number of ether oxygens (including phenoxy) is 1. The van der Waals surface area contributed by atoms with E-state index in [0.717, 1.165) is 46.3 Å². The van der Waals surface area contributed by atoms with Crippen LogP contribution in [0.15, 0.2) is 60.9 Å². The lowest BCUT2D eigenvalue weighted by Gasteiger charge is -2.12. The minimum absolute atomic E-state index is 0.0974. The van der Waals surface area contributed by atoms with Gasteiger partial charge in [0.1, 0.15) is 11.2 Å². The van der Waals surface area contributed by atoms with Crippen molar-refractivity contribution in [3.8, 4) is 17.0 Å². The Hall–Kier alpha value is -3.25. The van der Waals surface area contributed by atoms with Gasteiger partial charge in [0.15, 0.2) is 6.61 Å². The first-order valence-corrected chi connectivity index (χ1v) is 10.4. The van der Waals surface area contributed by atoms with Gasteiger partial charge in [-0.2, -0.15) is 0 Å². The number of fused-ring (bicyclic) bond motifs is 3. The van der Waals surface area contributed by atoms with E-state index in [0.29, 0.717) is 5.88 Å². The second-order valence-electron chi connectivity index (χ2n) is 6.96. The Morgan fingerprint density at radius 3 is 2.76 bits per heavy atom. The number of carbonyl (C=O) groups excluding carboxylic acids is 1. The summed E-state index contributed by atoms with van der Waals surface area (Å²) in [5, 5.41) is 3.94. The van der Waals surface area contributed by atoms with Crippen LogP contribution in [-0.2, 0) is 17.6 Å². The highest BCUT2D eigenvalue weighted by Gasteiger charge is 2.22. The molecule has 29 heavy (non-hydrogen) atoms. The molecule has 5 rings (SSSR count). The highest BCUT2D eigenvalue weighted by atomic mass is 32.1. The fourth-order valence-electron chi connectivity index (χ4n) is 3.79. The predicted molar refractivity (Wildman–Crippen MR) is 115 cm³/mol. The highest BCUT2D eigenvalue weighted by Crippen LogP contribution is 2.39. The third-order valence-corrected chi connectivity index (χ3v) is 6.29. The minimum atomic E-state index is -0.216. The van der Waals surface area contributed by atoms with Gasteiger partial charge in [0.05, 0.1) is 5.39 Å². The van der Waals surface area contributed by atoms with Crippen LogP contribution >= 0.6 is 11.3 Å².